The van der Waals surface area contributed by atoms with Crippen molar-refractivity contribution in [1.29, 1.82) is 0 Å². The van der Waals surface area contributed by atoms with Crippen molar-refractivity contribution in [1.82, 2.24) is 38.9 Å². The van der Waals surface area contributed by atoms with E-state index in [4.69, 9.17) is 4.98 Å². The van der Waals surface area contributed by atoms with Gasteiger partial charge in [-0.25, -0.2) is 15.0 Å². The Kier molecular flexibility index (Phi) is 8.54. The Morgan fingerprint density at radius 3 is 2.21 bits per heavy atom. The molecule has 3 aromatic heterocycles. The van der Waals surface area contributed by atoms with Crippen molar-refractivity contribution in [2.24, 2.45) is 14.1 Å². The van der Waals surface area contributed by atoms with Gasteiger partial charge >= 0.3 is 0 Å². The van der Waals surface area contributed by atoms with Gasteiger partial charge in [-0.15, -0.1) is 0 Å². The number of aryl methyl sites for hydroxylation is 2. The summed E-state index contributed by atoms with van der Waals surface area (Å²) >= 11 is 0. The minimum absolute atomic E-state index is 0.717. The van der Waals surface area contributed by atoms with E-state index in [1.807, 2.05) is 25.6 Å². The van der Waals surface area contributed by atoms with Crippen LogP contribution in [0.15, 0.2) is 67.3 Å². The zero-order valence-electron chi connectivity index (χ0n) is 23.6. The smallest absolute Gasteiger partial charge is 0.140 e. The fourth-order valence-corrected chi connectivity index (χ4v) is 5.28. The first kappa shape index (κ1) is 26.8. The minimum atomic E-state index is 0.717. The lowest BCUT2D eigenvalue weighted by Gasteiger charge is -2.21. The molecule has 39 heavy (non-hydrogen) atoms. The molecule has 0 amide bonds. The maximum Gasteiger partial charge on any atom is 0.140 e. The second kappa shape index (κ2) is 12.4. The Morgan fingerprint density at radius 1 is 0.795 bits per heavy atom. The summed E-state index contributed by atoms with van der Waals surface area (Å²) in [6.07, 6.45) is 9.88. The van der Waals surface area contributed by atoms with Crippen molar-refractivity contribution in [3.8, 4) is 11.4 Å². The summed E-state index contributed by atoms with van der Waals surface area (Å²) in [5.74, 6) is 2.97. The second-order valence-corrected chi connectivity index (χ2v) is 10.4. The summed E-state index contributed by atoms with van der Waals surface area (Å²) in [6, 6.07) is 15.5. The van der Waals surface area contributed by atoms with Gasteiger partial charge in [0.15, 0.2) is 0 Å². The SMILES string of the molecule is CCCN(CCC)Cc1ccc(-c2nc3ccc(CN(Cc4ncc[nH]4)Cc4nccn4C)cc3n2C)cc1. The first-order valence-electron chi connectivity index (χ1n) is 14.0. The number of aromatic amines is 1. The molecule has 204 valence electrons. The van der Waals surface area contributed by atoms with Crippen molar-refractivity contribution >= 4 is 11.0 Å². The number of imidazole rings is 3. The van der Waals surface area contributed by atoms with Gasteiger partial charge in [-0.3, -0.25) is 9.80 Å². The third-order valence-corrected chi connectivity index (χ3v) is 7.26. The topological polar surface area (TPSA) is 70.8 Å². The van der Waals surface area contributed by atoms with Gasteiger partial charge in [0.2, 0.25) is 0 Å². The predicted octanol–water partition coefficient (Wildman–Crippen LogP) is 5.52. The van der Waals surface area contributed by atoms with Crippen LogP contribution in [-0.2, 0) is 40.3 Å². The van der Waals surface area contributed by atoms with Gasteiger partial charge in [0.1, 0.15) is 17.5 Å². The highest BCUT2D eigenvalue weighted by Crippen LogP contribution is 2.26. The molecule has 0 saturated carbocycles. The van der Waals surface area contributed by atoms with E-state index < -0.39 is 0 Å². The van der Waals surface area contributed by atoms with Gasteiger partial charge < -0.3 is 14.1 Å². The van der Waals surface area contributed by atoms with Crippen molar-refractivity contribution in [2.45, 2.75) is 52.9 Å². The number of nitrogens with one attached hydrogen (secondary N) is 1. The highest BCUT2D eigenvalue weighted by Gasteiger charge is 2.15. The fourth-order valence-electron chi connectivity index (χ4n) is 5.28. The van der Waals surface area contributed by atoms with Crippen LogP contribution in [0.2, 0.25) is 0 Å². The first-order chi connectivity index (χ1) is 19.0. The third-order valence-electron chi connectivity index (χ3n) is 7.26. The molecule has 2 aromatic carbocycles. The molecule has 5 aromatic rings. The monoisotopic (exact) mass is 524 g/mol. The number of benzene rings is 2. The number of hydrogen-bond donors (Lipinski definition) is 1. The fraction of sp³-hybridized carbons (Fsp3) is 0.387. The molecule has 8 heteroatoms. The molecule has 0 radical (unpaired) electrons. The number of aromatic nitrogens is 6. The molecule has 0 fully saturated rings. The lowest BCUT2D eigenvalue weighted by Crippen LogP contribution is -2.24. The van der Waals surface area contributed by atoms with Crippen LogP contribution in [-0.4, -0.2) is 52.0 Å². The lowest BCUT2D eigenvalue weighted by molar-refractivity contribution is 0.233. The zero-order chi connectivity index (χ0) is 27.2. The van der Waals surface area contributed by atoms with E-state index in [0.717, 1.165) is 73.3 Å². The van der Waals surface area contributed by atoms with Crippen LogP contribution in [0.1, 0.15) is 49.5 Å². The number of hydrogen-bond acceptors (Lipinski definition) is 5. The maximum atomic E-state index is 5.00. The molecule has 0 bridgehead atoms. The van der Waals surface area contributed by atoms with E-state index in [1.165, 1.54) is 24.0 Å². The molecule has 8 nitrogen and oxygen atoms in total. The quantitative estimate of drug-likeness (QED) is 0.220. The van der Waals surface area contributed by atoms with Crippen molar-refractivity contribution < 1.29 is 0 Å². The Bertz CT molecular complexity index is 1460. The van der Waals surface area contributed by atoms with Crippen LogP contribution in [0, 0.1) is 0 Å². The summed E-state index contributed by atoms with van der Waals surface area (Å²) in [7, 11) is 4.15. The molecular weight excluding hydrogens is 484 g/mol. The third kappa shape index (κ3) is 6.46. The Labute approximate surface area is 231 Å². The Balaban J connectivity index is 1.35. The summed E-state index contributed by atoms with van der Waals surface area (Å²) in [6.45, 7) is 10.0. The minimum Gasteiger partial charge on any atom is -0.348 e. The summed E-state index contributed by atoms with van der Waals surface area (Å²) < 4.78 is 4.28. The number of nitrogens with zero attached hydrogens (tertiary/aromatic N) is 7. The van der Waals surface area contributed by atoms with E-state index in [9.17, 15) is 0 Å². The van der Waals surface area contributed by atoms with E-state index in [0.29, 0.717) is 0 Å². The largest absolute Gasteiger partial charge is 0.348 e. The highest BCUT2D eigenvalue weighted by atomic mass is 15.2. The summed E-state index contributed by atoms with van der Waals surface area (Å²) in [5, 5.41) is 0. The average molecular weight is 525 g/mol. The van der Waals surface area contributed by atoms with Gasteiger partial charge in [-0.05, 0) is 49.2 Å². The van der Waals surface area contributed by atoms with Gasteiger partial charge in [0.05, 0.1) is 24.1 Å². The standard InChI is InChI=1S/C31H40N8/c1-5-16-38(17-6-2)20-24-7-10-26(11-8-24)31-35-27-12-9-25(19-28(27)37(31)4)21-39(22-29-32-13-14-33-29)23-30-34-15-18-36(30)3/h7-15,18-19H,5-6,16-17,20-23H2,1-4H3,(H,32,33). The van der Waals surface area contributed by atoms with Crippen molar-refractivity contribution in [3.63, 3.8) is 0 Å². The van der Waals surface area contributed by atoms with E-state index in [-0.39, 0.29) is 0 Å². The maximum absolute atomic E-state index is 5.00. The first-order valence-corrected chi connectivity index (χ1v) is 14.0. The van der Waals surface area contributed by atoms with Crippen molar-refractivity contribution in [3.05, 3.63) is 90.0 Å². The lowest BCUT2D eigenvalue weighted by atomic mass is 10.1. The number of H-pyrrole nitrogens is 1. The van der Waals surface area contributed by atoms with Crippen molar-refractivity contribution in [2.75, 3.05) is 13.1 Å². The molecule has 0 aliphatic carbocycles. The normalized spacial score (nSPS) is 11.8. The Hall–Kier alpha value is -3.75. The molecule has 0 spiro atoms. The molecule has 0 aliphatic heterocycles. The molecular formula is C31H40N8. The molecule has 0 aliphatic rings. The van der Waals surface area contributed by atoms with E-state index in [1.54, 1.807) is 6.20 Å². The van der Waals surface area contributed by atoms with Gasteiger partial charge in [-0.1, -0.05) is 44.2 Å². The van der Waals surface area contributed by atoms with E-state index in [2.05, 4.69) is 97.2 Å². The van der Waals surface area contributed by atoms with Crippen LogP contribution in [0.3, 0.4) is 0 Å². The van der Waals surface area contributed by atoms with Gasteiger partial charge in [0, 0.05) is 57.5 Å². The molecule has 0 unspecified atom stereocenters. The predicted molar refractivity (Wildman–Crippen MR) is 157 cm³/mol. The van der Waals surface area contributed by atoms with Gasteiger partial charge in [-0.2, -0.15) is 0 Å². The molecule has 3 heterocycles. The molecule has 1 N–H and O–H groups in total. The van der Waals surface area contributed by atoms with Crippen LogP contribution in [0.25, 0.3) is 22.4 Å². The Morgan fingerprint density at radius 2 is 1.54 bits per heavy atom. The molecule has 0 saturated heterocycles. The number of fused-ring (bicyclic) bond motifs is 1. The van der Waals surface area contributed by atoms with Crippen LogP contribution in [0.5, 0.6) is 0 Å². The second-order valence-electron chi connectivity index (χ2n) is 10.4. The summed E-state index contributed by atoms with van der Waals surface area (Å²) in [5.41, 5.74) is 5.88. The molecule has 0 atom stereocenters. The summed E-state index contributed by atoms with van der Waals surface area (Å²) in [4.78, 5) is 22.1. The van der Waals surface area contributed by atoms with Gasteiger partial charge in [0.25, 0.3) is 0 Å². The van der Waals surface area contributed by atoms with E-state index >= 15 is 0 Å². The molecule has 5 rings (SSSR count). The van der Waals surface area contributed by atoms with Crippen LogP contribution < -0.4 is 0 Å². The average Bonchev–Trinajstić information content (AvgIpc) is 3.67. The van der Waals surface area contributed by atoms with Crippen LogP contribution in [0.4, 0.5) is 0 Å². The number of rotatable bonds is 13. The zero-order valence-corrected chi connectivity index (χ0v) is 23.6. The highest BCUT2D eigenvalue weighted by molar-refractivity contribution is 5.81. The van der Waals surface area contributed by atoms with Crippen LogP contribution >= 0.6 is 0 Å².